The van der Waals surface area contributed by atoms with Crippen molar-refractivity contribution in [3.8, 4) is 5.75 Å². The molecule has 1 aliphatic rings. The van der Waals surface area contributed by atoms with E-state index >= 15 is 0 Å². The van der Waals surface area contributed by atoms with E-state index in [1.165, 1.54) is 0 Å². The lowest BCUT2D eigenvalue weighted by molar-refractivity contribution is -0.116. The van der Waals surface area contributed by atoms with Gasteiger partial charge in [-0.1, -0.05) is 12.1 Å². The summed E-state index contributed by atoms with van der Waals surface area (Å²) in [6.45, 7) is 4.57. The largest absolute Gasteiger partial charge is 0.497 e. The Kier molecular flexibility index (Phi) is 6.12. The maximum absolute atomic E-state index is 12.2. The Hall–Kier alpha value is -2.53. The third-order valence-corrected chi connectivity index (χ3v) is 4.63. The lowest BCUT2D eigenvalue weighted by Crippen LogP contribution is -2.43. The molecule has 0 aliphatic carbocycles. The van der Waals surface area contributed by atoms with Crippen molar-refractivity contribution in [1.29, 1.82) is 0 Å². The van der Waals surface area contributed by atoms with Gasteiger partial charge in [-0.05, 0) is 55.3 Å². The van der Waals surface area contributed by atoms with E-state index in [4.69, 9.17) is 9.47 Å². The number of rotatable bonds is 6. The van der Waals surface area contributed by atoms with Gasteiger partial charge in [-0.2, -0.15) is 0 Å². The van der Waals surface area contributed by atoms with Crippen molar-refractivity contribution in [3.05, 3.63) is 54.1 Å². The number of anilines is 2. The molecule has 1 saturated heterocycles. The van der Waals surface area contributed by atoms with Crippen molar-refractivity contribution in [2.24, 2.45) is 0 Å². The molecular weight excluding hydrogens is 328 g/mol. The molecule has 0 saturated carbocycles. The van der Waals surface area contributed by atoms with E-state index in [0.717, 1.165) is 42.4 Å². The molecule has 138 valence electrons. The van der Waals surface area contributed by atoms with Crippen LogP contribution in [-0.2, 0) is 16.0 Å². The summed E-state index contributed by atoms with van der Waals surface area (Å²) in [5.41, 5.74) is 3.08. The third kappa shape index (κ3) is 4.76. The highest BCUT2D eigenvalue weighted by Crippen LogP contribution is 2.22. The van der Waals surface area contributed by atoms with E-state index in [9.17, 15) is 4.79 Å². The normalized spacial score (nSPS) is 17.0. The van der Waals surface area contributed by atoms with Gasteiger partial charge in [0.1, 0.15) is 5.75 Å². The minimum absolute atomic E-state index is 0.0142. The molecule has 26 heavy (non-hydrogen) atoms. The van der Waals surface area contributed by atoms with Gasteiger partial charge in [0.2, 0.25) is 5.91 Å². The topological polar surface area (TPSA) is 50.8 Å². The highest BCUT2D eigenvalue weighted by molar-refractivity contribution is 5.91. The van der Waals surface area contributed by atoms with Crippen molar-refractivity contribution in [3.63, 3.8) is 0 Å². The van der Waals surface area contributed by atoms with Gasteiger partial charge in [-0.25, -0.2) is 0 Å². The molecule has 0 spiro atoms. The van der Waals surface area contributed by atoms with E-state index in [1.807, 2.05) is 36.4 Å². The number of morpholine rings is 1. The fourth-order valence-corrected chi connectivity index (χ4v) is 3.16. The van der Waals surface area contributed by atoms with Crippen LogP contribution in [-0.4, -0.2) is 38.8 Å². The minimum atomic E-state index is 0.0142. The maximum atomic E-state index is 12.2. The molecule has 1 atom stereocenters. The molecule has 1 aliphatic heterocycles. The highest BCUT2D eigenvalue weighted by Gasteiger charge is 2.18. The van der Waals surface area contributed by atoms with Gasteiger partial charge in [-0.15, -0.1) is 0 Å². The first-order valence-electron chi connectivity index (χ1n) is 9.03. The number of ether oxygens (including phenoxy) is 2. The molecule has 1 amide bonds. The van der Waals surface area contributed by atoms with Crippen LogP contribution in [0.5, 0.6) is 5.75 Å². The van der Waals surface area contributed by atoms with Gasteiger partial charge in [0, 0.05) is 30.4 Å². The van der Waals surface area contributed by atoms with Gasteiger partial charge in [0.15, 0.2) is 0 Å². The SMILES string of the molecule is COc1cccc(CCC(=O)Nc2ccc(N3CCOCC3C)cc2)c1. The van der Waals surface area contributed by atoms with Crippen LogP contribution in [0.4, 0.5) is 11.4 Å². The third-order valence-electron chi connectivity index (χ3n) is 4.63. The molecule has 0 aromatic heterocycles. The molecule has 5 nitrogen and oxygen atoms in total. The summed E-state index contributed by atoms with van der Waals surface area (Å²) in [6, 6.07) is 16.2. The Labute approximate surface area is 154 Å². The number of methoxy groups -OCH3 is 1. The van der Waals surface area contributed by atoms with Gasteiger partial charge in [0.05, 0.1) is 20.3 Å². The second-order valence-corrected chi connectivity index (χ2v) is 6.56. The fourth-order valence-electron chi connectivity index (χ4n) is 3.16. The number of hydrogen-bond acceptors (Lipinski definition) is 4. The Bertz CT molecular complexity index is 730. The van der Waals surface area contributed by atoms with Crippen molar-refractivity contribution in [2.75, 3.05) is 37.1 Å². The van der Waals surface area contributed by atoms with E-state index in [1.54, 1.807) is 7.11 Å². The predicted molar refractivity (Wildman–Crippen MR) is 104 cm³/mol. The molecular formula is C21H26N2O3. The Morgan fingerprint density at radius 1 is 1.27 bits per heavy atom. The van der Waals surface area contributed by atoms with Crippen molar-refractivity contribution < 1.29 is 14.3 Å². The molecule has 2 aromatic carbocycles. The molecule has 1 unspecified atom stereocenters. The van der Waals surface area contributed by atoms with E-state index in [-0.39, 0.29) is 5.91 Å². The quantitative estimate of drug-likeness (QED) is 0.863. The van der Waals surface area contributed by atoms with Crippen LogP contribution in [0, 0.1) is 0 Å². The van der Waals surface area contributed by atoms with Crippen LogP contribution in [0.1, 0.15) is 18.9 Å². The molecule has 0 bridgehead atoms. The molecule has 1 heterocycles. The van der Waals surface area contributed by atoms with Crippen LogP contribution in [0.2, 0.25) is 0 Å². The monoisotopic (exact) mass is 354 g/mol. The number of carbonyl (C=O) groups is 1. The fraction of sp³-hybridized carbons (Fsp3) is 0.381. The number of carbonyl (C=O) groups excluding carboxylic acids is 1. The van der Waals surface area contributed by atoms with Gasteiger partial charge < -0.3 is 19.7 Å². The zero-order chi connectivity index (χ0) is 18.4. The number of amides is 1. The second kappa shape index (κ2) is 8.72. The van der Waals surface area contributed by atoms with Crippen LogP contribution in [0.15, 0.2) is 48.5 Å². The average molecular weight is 354 g/mol. The molecule has 1 fully saturated rings. The van der Waals surface area contributed by atoms with E-state index in [2.05, 4.69) is 29.3 Å². The number of nitrogens with zero attached hydrogens (tertiary/aromatic N) is 1. The summed E-state index contributed by atoms with van der Waals surface area (Å²) >= 11 is 0. The van der Waals surface area contributed by atoms with E-state index in [0.29, 0.717) is 18.9 Å². The molecule has 5 heteroatoms. The van der Waals surface area contributed by atoms with Gasteiger partial charge in [0.25, 0.3) is 0 Å². The average Bonchev–Trinajstić information content (AvgIpc) is 2.68. The summed E-state index contributed by atoms with van der Waals surface area (Å²) in [5.74, 6) is 0.830. The van der Waals surface area contributed by atoms with Crippen LogP contribution in [0.3, 0.4) is 0 Å². The Balaban J connectivity index is 1.52. The molecule has 1 N–H and O–H groups in total. The standard InChI is InChI=1S/C21H26N2O3/c1-16-15-26-13-12-23(16)19-9-7-18(8-10-19)22-21(24)11-6-17-4-3-5-20(14-17)25-2/h3-5,7-10,14,16H,6,11-13,15H2,1-2H3,(H,22,24). The Morgan fingerprint density at radius 3 is 2.81 bits per heavy atom. The van der Waals surface area contributed by atoms with Crippen molar-refractivity contribution in [1.82, 2.24) is 0 Å². The number of hydrogen-bond donors (Lipinski definition) is 1. The number of nitrogens with one attached hydrogen (secondary N) is 1. The number of aryl methyl sites for hydroxylation is 1. The smallest absolute Gasteiger partial charge is 0.224 e. The zero-order valence-corrected chi connectivity index (χ0v) is 15.4. The first-order chi connectivity index (χ1) is 12.7. The zero-order valence-electron chi connectivity index (χ0n) is 15.4. The van der Waals surface area contributed by atoms with Gasteiger partial charge >= 0.3 is 0 Å². The first kappa shape index (κ1) is 18.3. The highest BCUT2D eigenvalue weighted by atomic mass is 16.5. The minimum Gasteiger partial charge on any atom is -0.497 e. The summed E-state index contributed by atoms with van der Waals surface area (Å²) in [4.78, 5) is 14.5. The molecule has 2 aromatic rings. The first-order valence-corrected chi connectivity index (χ1v) is 9.03. The van der Waals surface area contributed by atoms with Crippen LogP contribution < -0.4 is 15.0 Å². The molecule has 0 radical (unpaired) electrons. The van der Waals surface area contributed by atoms with Crippen LogP contribution >= 0.6 is 0 Å². The van der Waals surface area contributed by atoms with Crippen LogP contribution in [0.25, 0.3) is 0 Å². The summed E-state index contributed by atoms with van der Waals surface area (Å²) in [6.07, 6.45) is 1.13. The predicted octanol–water partition coefficient (Wildman–Crippen LogP) is 3.49. The maximum Gasteiger partial charge on any atom is 0.224 e. The van der Waals surface area contributed by atoms with Crippen molar-refractivity contribution >= 4 is 17.3 Å². The second-order valence-electron chi connectivity index (χ2n) is 6.56. The lowest BCUT2D eigenvalue weighted by atomic mass is 10.1. The van der Waals surface area contributed by atoms with E-state index < -0.39 is 0 Å². The summed E-state index contributed by atoms with van der Waals surface area (Å²) < 4.78 is 10.7. The Morgan fingerprint density at radius 2 is 2.08 bits per heavy atom. The molecule has 3 rings (SSSR count). The summed E-state index contributed by atoms with van der Waals surface area (Å²) in [7, 11) is 1.65. The van der Waals surface area contributed by atoms with Gasteiger partial charge in [-0.3, -0.25) is 4.79 Å². The lowest BCUT2D eigenvalue weighted by Gasteiger charge is -2.35. The summed E-state index contributed by atoms with van der Waals surface area (Å²) in [5, 5.41) is 2.97. The van der Waals surface area contributed by atoms with Crippen molar-refractivity contribution in [2.45, 2.75) is 25.8 Å². The number of benzene rings is 2.